The summed E-state index contributed by atoms with van der Waals surface area (Å²) < 4.78 is 2.02. The van der Waals surface area contributed by atoms with E-state index in [-0.39, 0.29) is 0 Å². The molecule has 0 rings (SSSR count). The molecule has 0 aliphatic heterocycles. The number of hydrogen-bond acceptors (Lipinski definition) is 1. The van der Waals surface area contributed by atoms with Gasteiger partial charge in [0, 0.05) is 0 Å². The van der Waals surface area contributed by atoms with Crippen molar-refractivity contribution in [1.82, 2.24) is 0 Å². The van der Waals surface area contributed by atoms with Crippen LogP contribution in [0, 0.1) is 0 Å². The summed E-state index contributed by atoms with van der Waals surface area (Å²) in [6.07, 6.45) is 2.04. The number of thioether (sulfide) groups is 1. The Morgan fingerprint density at radius 3 is 2.00 bits per heavy atom. The van der Waals surface area contributed by atoms with E-state index in [0.29, 0.717) is 0 Å². The lowest BCUT2D eigenvalue weighted by Crippen LogP contribution is -1.93. The number of hydrogen-bond donors (Lipinski definition) is 0. The van der Waals surface area contributed by atoms with Crippen LogP contribution in [0.3, 0.4) is 0 Å². The van der Waals surface area contributed by atoms with Crippen molar-refractivity contribution in [3.8, 4) is 0 Å². The molecule has 0 aliphatic carbocycles. The Bertz CT molecular complexity index is 54.6. The van der Waals surface area contributed by atoms with Gasteiger partial charge in [-0.15, -0.1) is 0 Å². The first-order chi connectivity index (χ1) is 2.77. The largest absolute Gasteiger partial charge is 0.236 e. The van der Waals surface area contributed by atoms with Crippen molar-refractivity contribution >= 4 is 17.3 Å². The van der Waals surface area contributed by atoms with Crippen molar-refractivity contribution in [3.05, 3.63) is 0 Å². The molecule has 0 radical (unpaired) electrons. The normalized spacial score (nSPS) is 7.83. The molecule has 0 aromatic carbocycles. The molecule has 0 spiro atoms. The molecule has 1 nitrogen and oxygen atoms in total. The minimum Gasteiger partial charge on any atom is -0.236 e. The van der Waals surface area contributed by atoms with Crippen LogP contribution >= 0.6 is 11.8 Å². The standard InChI is InChI=1S/C4H10NS/c1-5(2)4-6-3/h4H,1-3H3/q+1. The highest BCUT2D eigenvalue weighted by molar-refractivity contribution is 8.11. The van der Waals surface area contributed by atoms with Crippen LogP contribution in [-0.2, 0) is 0 Å². The highest BCUT2D eigenvalue weighted by Crippen LogP contribution is 1.78. The van der Waals surface area contributed by atoms with E-state index in [1.807, 2.05) is 30.5 Å². The van der Waals surface area contributed by atoms with Gasteiger partial charge in [0.25, 0.3) is 0 Å². The Morgan fingerprint density at radius 2 is 2.00 bits per heavy atom. The predicted molar refractivity (Wildman–Crippen MR) is 31.7 cm³/mol. The van der Waals surface area contributed by atoms with Crippen LogP contribution < -0.4 is 0 Å². The number of rotatable bonds is 1. The van der Waals surface area contributed by atoms with Crippen LogP contribution in [0.2, 0.25) is 0 Å². The van der Waals surface area contributed by atoms with E-state index >= 15 is 0 Å². The van der Waals surface area contributed by atoms with Gasteiger partial charge >= 0.3 is 0 Å². The Balaban J connectivity index is 3.14. The van der Waals surface area contributed by atoms with Gasteiger partial charge in [0.05, 0.1) is 0 Å². The van der Waals surface area contributed by atoms with Crippen LogP contribution in [0.1, 0.15) is 0 Å². The van der Waals surface area contributed by atoms with Crippen LogP contribution in [0.25, 0.3) is 0 Å². The molecule has 0 bridgehead atoms. The molecule has 0 saturated carbocycles. The summed E-state index contributed by atoms with van der Waals surface area (Å²) >= 11 is 1.71. The third-order valence-electron chi connectivity index (χ3n) is 0.316. The molecule has 0 unspecified atom stereocenters. The van der Waals surface area contributed by atoms with Gasteiger partial charge in [-0.05, 0) is 6.26 Å². The second kappa shape index (κ2) is 3.22. The fourth-order valence-corrected chi connectivity index (χ4v) is 0.632. The van der Waals surface area contributed by atoms with Crippen LogP contribution in [-0.4, -0.2) is 30.5 Å². The Labute approximate surface area is 43.1 Å². The highest BCUT2D eigenvalue weighted by Gasteiger charge is 1.73. The van der Waals surface area contributed by atoms with Gasteiger partial charge in [-0.1, -0.05) is 11.8 Å². The fraction of sp³-hybridized carbons (Fsp3) is 0.750. The quantitative estimate of drug-likeness (QED) is 0.268. The topological polar surface area (TPSA) is 3.01 Å². The van der Waals surface area contributed by atoms with Gasteiger partial charge in [0.15, 0.2) is 5.55 Å². The van der Waals surface area contributed by atoms with E-state index in [4.69, 9.17) is 0 Å². The third kappa shape index (κ3) is 4.02. The Hall–Kier alpha value is 0.0200. The summed E-state index contributed by atoms with van der Waals surface area (Å²) in [5.41, 5.74) is 2.04. The van der Waals surface area contributed by atoms with Crippen molar-refractivity contribution < 1.29 is 4.58 Å². The first-order valence-electron chi connectivity index (χ1n) is 1.80. The maximum Gasteiger partial charge on any atom is 0.197 e. The van der Waals surface area contributed by atoms with Crippen molar-refractivity contribution in [2.75, 3.05) is 20.4 Å². The second-order valence-corrected chi connectivity index (χ2v) is 1.99. The average Bonchev–Trinajstić information content (AvgIpc) is 1.35. The maximum absolute atomic E-state index is 2.04. The lowest BCUT2D eigenvalue weighted by atomic mass is 11.1. The third-order valence-corrected chi connectivity index (χ3v) is 0.949. The molecule has 36 valence electrons. The van der Waals surface area contributed by atoms with Crippen molar-refractivity contribution in [2.45, 2.75) is 0 Å². The fourth-order valence-electron chi connectivity index (χ4n) is 0.211. The highest BCUT2D eigenvalue weighted by atomic mass is 32.2. The molecule has 0 N–H and O–H groups in total. The van der Waals surface area contributed by atoms with Gasteiger partial charge in [0.2, 0.25) is 0 Å². The molecule has 0 aliphatic rings. The summed E-state index contributed by atoms with van der Waals surface area (Å²) in [6, 6.07) is 0. The summed E-state index contributed by atoms with van der Waals surface area (Å²) in [7, 11) is 4.02. The zero-order valence-electron chi connectivity index (χ0n) is 4.43. The summed E-state index contributed by atoms with van der Waals surface area (Å²) in [5.74, 6) is 0. The molecular weight excluding hydrogens is 94.1 g/mol. The minimum atomic E-state index is 1.71. The van der Waals surface area contributed by atoms with Crippen molar-refractivity contribution in [1.29, 1.82) is 0 Å². The lowest BCUT2D eigenvalue weighted by molar-refractivity contribution is -0.456. The van der Waals surface area contributed by atoms with E-state index in [0.717, 1.165) is 0 Å². The first kappa shape index (κ1) is 6.02. The van der Waals surface area contributed by atoms with E-state index in [1.54, 1.807) is 11.8 Å². The summed E-state index contributed by atoms with van der Waals surface area (Å²) in [6.45, 7) is 0. The van der Waals surface area contributed by atoms with Crippen LogP contribution in [0.5, 0.6) is 0 Å². The number of nitrogens with zero attached hydrogens (tertiary/aromatic N) is 1. The molecule has 0 saturated heterocycles. The molecule has 0 amide bonds. The smallest absolute Gasteiger partial charge is 0.197 e. The molecule has 6 heavy (non-hydrogen) atoms. The van der Waals surface area contributed by atoms with Crippen molar-refractivity contribution in [3.63, 3.8) is 0 Å². The average molecular weight is 104 g/mol. The molecule has 2 heteroatoms. The molecule has 0 heterocycles. The summed E-state index contributed by atoms with van der Waals surface area (Å²) in [4.78, 5) is 0. The minimum absolute atomic E-state index is 1.71. The monoisotopic (exact) mass is 104 g/mol. The predicted octanol–water partition coefficient (Wildman–Crippen LogP) is 0.650. The van der Waals surface area contributed by atoms with Gasteiger partial charge in [0.1, 0.15) is 14.1 Å². The summed E-state index contributed by atoms with van der Waals surface area (Å²) in [5, 5.41) is 0. The first-order valence-corrected chi connectivity index (χ1v) is 3.08. The lowest BCUT2D eigenvalue weighted by Gasteiger charge is -1.76. The molecule has 0 aromatic heterocycles. The van der Waals surface area contributed by atoms with Crippen LogP contribution in [0.4, 0.5) is 0 Å². The zero-order valence-corrected chi connectivity index (χ0v) is 5.25. The van der Waals surface area contributed by atoms with Gasteiger partial charge in [-0.3, -0.25) is 0 Å². The van der Waals surface area contributed by atoms with E-state index < -0.39 is 0 Å². The van der Waals surface area contributed by atoms with Gasteiger partial charge < -0.3 is 0 Å². The molecular formula is C4H10NS+. The molecule has 0 fully saturated rings. The maximum atomic E-state index is 2.04. The Kier molecular flexibility index (Phi) is 3.23. The van der Waals surface area contributed by atoms with Crippen molar-refractivity contribution in [2.24, 2.45) is 0 Å². The Morgan fingerprint density at radius 1 is 1.50 bits per heavy atom. The van der Waals surface area contributed by atoms with E-state index in [2.05, 4.69) is 0 Å². The SMILES string of the molecule is CSC=[N+](C)C. The van der Waals surface area contributed by atoms with Gasteiger partial charge in [-0.2, -0.15) is 0 Å². The van der Waals surface area contributed by atoms with E-state index in [9.17, 15) is 0 Å². The van der Waals surface area contributed by atoms with Crippen LogP contribution in [0.15, 0.2) is 0 Å². The zero-order chi connectivity index (χ0) is 4.99. The van der Waals surface area contributed by atoms with Gasteiger partial charge in [-0.25, -0.2) is 4.58 Å². The van der Waals surface area contributed by atoms with E-state index in [1.165, 1.54) is 0 Å². The molecule has 0 atom stereocenters. The second-order valence-electron chi connectivity index (χ2n) is 1.30. The molecule has 0 aromatic rings.